The molecule has 0 radical (unpaired) electrons. The Morgan fingerprint density at radius 2 is 2.18 bits per heavy atom. The Balaban J connectivity index is 1.97. The highest BCUT2D eigenvalue weighted by Crippen LogP contribution is 2.28. The molecular weight excluding hydrogens is 216 g/mol. The van der Waals surface area contributed by atoms with Crippen LogP contribution in [0.1, 0.15) is 39.0 Å². The first-order chi connectivity index (χ1) is 8.13. The van der Waals surface area contributed by atoms with Crippen LogP contribution in [0.3, 0.4) is 0 Å². The number of amides is 1. The molecule has 0 spiro atoms. The fraction of sp³-hybridized carbons (Fsp3) is 0.923. The molecule has 1 amide bonds. The Hall–Kier alpha value is -0.610. The van der Waals surface area contributed by atoms with Crippen LogP contribution in [0.25, 0.3) is 0 Å². The predicted octanol–water partition coefficient (Wildman–Crippen LogP) is 1.16. The quantitative estimate of drug-likeness (QED) is 0.787. The molecule has 0 aromatic heterocycles. The molecule has 2 atom stereocenters. The van der Waals surface area contributed by atoms with Crippen LogP contribution in [0.15, 0.2) is 0 Å². The summed E-state index contributed by atoms with van der Waals surface area (Å²) in [5, 5.41) is 3.38. The molecule has 4 nitrogen and oxygen atoms in total. The van der Waals surface area contributed by atoms with Gasteiger partial charge in [-0.1, -0.05) is 0 Å². The molecule has 0 saturated carbocycles. The van der Waals surface area contributed by atoms with Crippen molar-refractivity contribution in [3.63, 3.8) is 0 Å². The van der Waals surface area contributed by atoms with Crippen molar-refractivity contribution in [1.82, 2.24) is 10.2 Å². The first kappa shape index (κ1) is 12.8. The third-order valence-electron chi connectivity index (χ3n) is 4.08. The zero-order valence-electron chi connectivity index (χ0n) is 11.0. The van der Waals surface area contributed by atoms with Crippen LogP contribution in [0.5, 0.6) is 0 Å². The fourth-order valence-corrected chi connectivity index (χ4v) is 2.87. The van der Waals surface area contributed by atoms with Gasteiger partial charge in [0.05, 0.1) is 0 Å². The summed E-state index contributed by atoms with van der Waals surface area (Å²) in [5.41, 5.74) is -0.561. The second kappa shape index (κ2) is 5.36. The Kier molecular flexibility index (Phi) is 4.05. The van der Waals surface area contributed by atoms with Crippen molar-refractivity contribution in [2.45, 2.75) is 50.7 Å². The molecule has 1 N–H and O–H groups in total. The summed E-state index contributed by atoms with van der Waals surface area (Å²) in [4.78, 5) is 14.4. The summed E-state index contributed by atoms with van der Waals surface area (Å²) in [6.07, 6.45) is 5.17. The minimum atomic E-state index is -0.561. The van der Waals surface area contributed by atoms with E-state index < -0.39 is 5.60 Å². The van der Waals surface area contributed by atoms with Gasteiger partial charge in [-0.15, -0.1) is 0 Å². The number of carbonyl (C=O) groups is 1. The zero-order valence-corrected chi connectivity index (χ0v) is 11.0. The van der Waals surface area contributed by atoms with E-state index in [4.69, 9.17) is 4.74 Å². The molecule has 0 aliphatic carbocycles. The largest absolute Gasteiger partial charge is 0.365 e. The SMILES string of the molecule is CN(C(=O)C1(C)CCCO1)C1CCCNCC1. The Morgan fingerprint density at radius 3 is 2.88 bits per heavy atom. The van der Waals surface area contributed by atoms with Crippen LogP contribution >= 0.6 is 0 Å². The van der Waals surface area contributed by atoms with Crippen molar-refractivity contribution in [3.05, 3.63) is 0 Å². The average Bonchev–Trinajstić information content (AvgIpc) is 2.62. The van der Waals surface area contributed by atoms with Gasteiger partial charge in [-0.05, 0) is 52.1 Å². The number of hydrogen-bond acceptors (Lipinski definition) is 3. The van der Waals surface area contributed by atoms with Gasteiger partial charge in [-0.3, -0.25) is 4.79 Å². The Morgan fingerprint density at radius 1 is 1.35 bits per heavy atom. The smallest absolute Gasteiger partial charge is 0.254 e. The number of carbonyl (C=O) groups excluding carboxylic acids is 1. The van der Waals surface area contributed by atoms with Gasteiger partial charge in [0.15, 0.2) is 0 Å². The van der Waals surface area contributed by atoms with E-state index in [1.807, 2.05) is 18.9 Å². The monoisotopic (exact) mass is 240 g/mol. The van der Waals surface area contributed by atoms with Gasteiger partial charge in [0.1, 0.15) is 5.60 Å². The van der Waals surface area contributed by atoms with Crippen LogP contribution in [-0.2, 0) is 9.53 Å². The molecule has 4 heteroatoms. The minimum absolute atomic E-state index is 0.168. The topological polar surface area (TPSA) is 41.6 Å². The second-order valence-corrected chi connectivity index (χ2v) is 5.43. The van der Waals surface area contributed by atoms with Gasteiger partial charge < -0.3 is 15.0 Å². The van der Waals surface area contributed by atoms with Crippen molar-refractivity contribution < 1.29 is 9.53 Å². The third-order valence-corrected chi connectivity index (χ3v) is 4.08. The molecule has 2 unspecified atom stereocenters. The predicted molar refractivity (Wildman–Crippen MR) is 66.9 cm³/mol. The molecule has 17 heavy (non-hydrogen) atoms. The van der Waals surface area contributed by atoms with Crippen LogP contribution in [0, 0.1) is 0 Å². The summed E-state index contributed by atoms with van der Waals surface area (Å²) >= 11 is 0. The van der Waals surface area contributed by atoms with Gasteiger partial charge in [-0.25, -0.2) is 0 Å². The first-order valence-corrected chi connectivity index (χ1v) is 6.75. The van der Waals surface area contributed by atoms with Crippen molar-refractivity contribution in [2.24, 2.45) is 0 Å². The highest BCUT2D eigenvalue weighted by molar-refractivity contribution is 5.85. The maximum Gasteiger partial charge on any atom is 0.254 e. The summed E-state index contributed by atoms with van der Waals surface area (Å²) in [6.45, 7) is 4.75. The van der Waals surface area contributed by atoms with Gasteiger partial charge in [0, 0.05) is 19.7 Å². The van der Waals surface area contributed by atoms with Crippen LogP contribution in [0.4, 0.5) is 0 Å². The number of hydrogen-bond donors (Lipinski definition) is 1. The van der Waals surface area contributed by atoms with E-state index in [1.165, 1.54) is 0 Å². The Bertz CT molecular complexity index is 267. The molecule has 2 rings (SSSR count). The lowest BCUT2D eigenvalue weighted by Crippen LogP contribution is -2.49. The van der Waals surface area contributed by atoms with E-state index in [2.05, 4.69) is 5.32 Å². The van der Waals surface area contributed by atoms with E-state index in [0.29, 0.717) is 6.04 Å². The molecule has 98 valence electrons. The molecule has 0 bridgehead atoms. The van der Waals surface area contributed by atoms with E-state index in [-0.39, 0.29) is 5.91 Å². The summed E-state index contributed by atoms with van der Waals surface area (Å²) in [7, 11) is 1.94. The van der Waals surface area contributed by atoms with E-state index in [0.717, 1.165) is 51.8 Å². The molecular formula is C13H24N2O2. The lowest BCUT2D eigenvalue weighted by Gasteiger charge is -2.33. The lowest BCUT2D eigenvalue weighted by atomic mass is 9.99. The minimum Gasteiger partial charge on any atom is -0.365 e. The maximum absolute atomic E-state index is 12.5. The lowest BCUT2D eigenvalue weighted by molar-refractivity contribution is -0.152. The maximum atomic E-state index is 12.5. The highest BCUT2D eigenvalue weighted by atomic mass is 16.5. The second-order valence-electron chi connectivity index (χ2n) is 5.43. The number of nitrogens with one attached hydrogen (secondary N) is 1. The first-order valence-electron chi connectivity index (χ1n) is 6.75. The number of nitrogens with zero attached hydrogens (tertiary/aromatic N) is 1. The normalized spacial score (nSPS) is 34.4. The molecule has 2 aliphatic rings. The van der Waals surface area contributed by atoms with Crippen molar-refractivity contribution in [2.75, 3.05) is 26.7 Å². The van der Waals surface area contributed by atoms with Gasteiger partial charge in [0.2, 0.25) is 0 Å². The van der Waals surface area contributed by atoms with Gasteiger partial charge >= 0.3 is 0 Å². The van der Waals surface area contributed by atoms with E-state index in [1.54, 1.807) is 0 Å². The zero-order chi connectivity index (χ0) is 12.3. The van der Waals surface area contributed by atoms with Gasteiger partial charge in [-0.2, -0.15) is 0 Å². The van der Waals surface area contributed by atoms with Crippen LogP contribution in [0.2, 0.25) is 0 Å². The molecule has 0 aromatic rings. The molecule has 2 fully saturated rings. The van der Waals surface area contributed by atoms with Crippen molar-refractivity contribution >= 4 is 5.91 Å². The summed E-state index contributed by atoms with van der Waals surface area (Å²) in [6, 6.07) is 0.374. The number of ether oxygens (including phenoxy) is 1. The van der Waals surface area contributed by atoms with Crippen molar-refractivity contribution in [3.8, 4) is 0 Å². The van der Waals surface area contributed by atoms with E-state index in [9.17, 15) is 4.79 Å². The van der Waals surface area contributed by atoms with Crippen LogP contribution < -0.4 is 5.32 Å². The molecule has 2 heterocycles. The van der Waals surface area contributed by atoms with Crippen molar-refractivity contribution in [1.29, 1.82) is 0 Å². The average molecular weight is 240 g/mol. The molecule has 0 aromatic carbocycles. The Labute approximate surface area is 104 Å². The molecule has 2 saturated heterocycles. The van der Waals surface area contributed by atoms with Crippen LogP contribution in [-0.4, -0.2) is 49.2 Å². The van der Waals surface area contributed by atoms with E-state index >= 15 is 0 Å². The fourth-order valence-electron chi connectivity index (χ4n) is 2.87. The number of likely N-dealkylation sites (N-methyl/N-ethyl adjacent to an activating group) is 1. The summed E-state index contributed by atoms with van der Waals surface area (Å²) < 4.78 is 5.64. The highest BCUT2D eigenvalue weighted by Gasteiger charge is 2.41. The van der Waals surface area contributed by atoms with Gasteiger partial charge in [0.25, 0.3) is 5.91 Å². The third kappa shape index (κ3) is 2.80. The number of rotatable bonds is 2. The summed E-state index contributed by atoms with van der Waals surface area (Å²) in [5.74, 6) is 0.168. The standard InChI is InChI=1S/C13H24N2O2/c1-13(7-4-10-17-13)12(16)15(2)11-5-3-8-14-9-6-11/h11,14H,3-10H2,1-2H3. The molecule has 2 aliphatic heterocycles.